The van der Waals surface area contributed by atoms with Gasteiger partial charge in [0.05, 0.1) is 18.2 Å². The number of carbonyl (C=O) groups excluding carboxylic acids is 2. The van der Waals surface area contributed by atoms with Crippen molar-refractivity contribution in [2.45, 2.75) is 38.5 Å². The summed E-state index contributed by atoms with van der Waals surface area (Å²) in [6.07, 6.45) is 8.93. The van der Waals surface area contributed by atoms with E-state index < -0.39 is 0 Å². The molecule has 1 amide bonds. The summed E-state index contributed by atoms with van der Waals surface area (Å²) in [6.45, 7) is 0. The molecule has 0 unspecified atom stereocenters. The second kappa shape index (κ2) is 5.60. The monoisotopic (exact) mass is 329 g/mol. The summed E-state index contributed by atoms with van der Waals surface area (Å²) < 4.78 is 1.68. The number of thiophene rings is 1. The first-order valence-corrected chi connectivity index (χ1v) is 8.89. The van der Waals surface area contributed by atoms with Crippen molar-refractivity contribution in [2.24, 2.45) is 13.0 Å². The molecular formula is C17H19N3O2S. The summed E-state index contributed by atoms with van der Waals surface area (Å²) in [5.41, 5.74) is 2.89. The van der Waals surface area contributed by atoms with Crippen molar-refractivity contribution >= 4 is 28.0 Å². The quantitative estimate of drug-likeness (QED) is 0.858. The highest BCUT2D eigenvalue weighted by Crippen LogP contribution is 2.43. The van der Waals surface area contributed by atoms with Crippen LogP contribution >= 0.6 is 11.3 Å². The number of amides is 1. The first-order valence-electron chi connectivity index (χ1n) is 8.08. The van der Waals surface area contributed by atoms with E-state index in [9.17, 15) is 9.59 Å². The fraction of sp³-hybridized carbons (Fsp3) is 0.471. The molecule has 0 saturated heterocycles. The molecule has 2 aromatic heterocycles. The van der Waals surface area contributed by atoms with E-state index in [0.29, 0.717) is 0 Å². The van der Waals surface area contributed by atoms with Crippen LogP contribution in [0.2, 0.25) is 0 Å². The number of ketones is 1. The highest BCUT2D eigenvalue weighted by atomic mass is 32.1. The number of anilines is 1. The third kappa shape index (κ3) is 2.83. The van der Waals surface area contributed by atoms with Crippen LogP contribution in [0.4, 0.5) is 5.00 Å². The Bertz CT molecular complexity index is 786. The van der Waals surface area contributed by atoms with Gasteiger partial charge in [0.25, 0.3) is 0 Å². The van der Waals surface area contributed by atoms with Crippen LogP contribution in [0, 0.1) is 5.92 Å². The number of fused-ring (bicyclic) bond motifs is 1. The zero-order valence-electron chi connectivity index (χ0n) is 13.1. The number of Topliss-reactive ketones (excluding diaryl/α,β-unsaturated/α-hetero) is 1. The van der Waals surface area contributed by atoms with Gasteiger partial charge in [-0.05, 0) is 43.2 Å². The Hall–Kier alpha value is -1.95. The minimum atomic E-state index is -0.0808. The van der Waals surface area contributed by atoms with E-state index in [0.717, 1.165) is 48.2 Å². The summed E-state index contributed by atoms with van der Waals surface area (Å²) in [6, 6.07) is 0. The molecule has 2 aliphatic rings. The molecule has 1 saturated carbocycles. The van der Waals surface area contributed by atoms with Crippen LogP contribution in [0.5, 0.6) is 0 Å². The molecule has 0 radical (unpaired) electrons. The summed E-state index contributed by atoms with van der Waals surface area (Å²) in [5.74, 6) is 0.340. The van der Waals surface area contributed by atoms with E-state index in [4.69, 9.17) is 0 Å². The van der Waals surface area contributed by atoms with Crippen LogP contribution < -0.4 is 5.32 Å². The second-order valence-electron chi connectivity index (χ2n) is 6.45. The summed E-state index contributed by atoms with van der Waals surface area (Å²) >= 11 is 1.59. The van der Waals surface area contributed by atoms with Gasteiger partial charge in [0, 0.05) is 24.0 Å². The van der Waals surface area contributed by atoms with Gasteiger partial charge in [-0.15, -0.1) is 11.3 Å². The molecule has 6 heteroatoms. The number of nitrogens with zero attached hydrogens (tertiary/aromatic N) is 2. The number of rotatable bonds is 5. The molecule has 0 atom stereocenters. The van der Waals surface area contributed by atoms with Gasteiger partial charge in [-0.3, -0.25) is 14.3 Å². The average molecular weight is 329 g/mol. The summed E-state index contributed by atoms with van der Waals surface area (Å²) in [4.78, 5) is 26.2. The van der Waals surface area contributed by atoms with E-state index in [2.05, 4.69) is 10.4 Å². The lowest BCUT2D eigenvalue weighted by molar-refractivity contribution is -0.115. The van der Waals surface area contributed by atoms with Crippen molar-refractivity contribution in [3.63, 3.8) is 0 Å². The van der Waals surface area contributed by atoms with Gasteiger partial charge < -0.3 is 5.32 Å². The van der Waals surface area contributed by atoms with Gasteiger partial charge in [-0.1, -0.05) is 0 Å². The van der Waals surface area contributed by atoms with E-state index in [1.165, 1.54) is 10.4 Å². The van der Waals surface area contributed by atoms with Gasteiger partial charge >= 0.3 is 0 Å². The smallest absolute Gasteiger partial charge is 0.229 e. The highest BCUT2D eigenvalue weighted by molar-refractivity contribution is 7.17. The van der Waals surface area contributed by atoms with Crippen LogP contribution in [-0.2, 0) is 31.1 Å². The molecular weight excluding hydrogens is 310 g/mol. The maximum atomic E-state index is 12.6. The van der Waals surface area contributed by atoms with E-state index in [1.807, 2.05) is 13.2 Å². The molecule has 4 rings (SSSR count). The number of carbonyl (C=O) groups is 2. The van der Waals surface area contributed by atoms with Crippen molar-refractivity contribution in [3.05, 3.63) is 34.0 Å². The van der Waals surface area contributed by atoms with Crippen LogP contribution in [0.25, 0.3) is 0 Å². The minimum Gasteiger partial charge on any atom is -0.317 e. The van der Waals surface area contributed by atoms with Gasteiger partial charge in [-0.25, -0.2) is 0 Å². The Kier molecular flexibility index (Phi) is 3.56. The van der Waals surface area contributed by atoms with Crippen molar-refractivity contribution in [3.8, 4) is 0 Å². The van der Waals surface area contributed by atoms with Crippen LogP contribution in [-0.4, -0.2) is 21.5 Å². The molecule has 2 aliphatic carbocycles. The Morgan fingerprint density at radius 2 is 2.22 bits per heavy atom. The van der Waals surface area contributed by atoms with Gasteiger partial charge in [-0.2, -0.15) is 5.10 Å². The van der Waals surface area contributed by atoms with Gasteiger partial charge in [0.15, 0.2) is 5.78 Å². The fourth-order valence-corrected chi connectivity index (χ4v) is 4.53. The first kappa shape index (κ1) is 14.6. The molecule has 0 aliphatic heterocycles. The predicted molar refractivity (Wildman–Crippen MR) is 88.9 cm³/mol. The van der Waals surface area contributed by atoms with Crippen molar-refractivity contribution in [2.75, 3.05) is 5.32 Å². The lowest BCUT2D eigenvalue weighted by Gasteiger charge is -2.07. The highest BCUT2D eigenvalue weighted by Gasteiger charge is 2.36. The third-order valence-corrected chi connectivity index (χ3v) is 5.70. The molecule has 1 fully saturated rings. The zero-order chi connectivity index (χ0) is 16.0. The molecule has 23 heavy (non-hydrogen) atoms. The summed E-state index contributed by atoms with van der Waals surface area (Å²) in [7, 11) is 1.83. The SMILES string of the molecule is Cn1cc(CC(=O)Nc2sc3c(c2C(=O)C2CC2)CCC3)cn1. The van der Waals surface area contributed by atoms with E-state index in [1.54, 1.807) is 22.2 Å². The van der Waals surface area contributed by atoms with Crippen molar-refractivity contribution in [1.82, 2.24) is 9.78 Å². The second-order valence-corrected chi connectivity index (χ2v) is 7.55. The Morgan fingerprint density at radius 3 is 2.91 bits per heavy atom. The number of nitrogens with one attached hydrogen (secondary N) is 1. The average Bonchev–Trinajstić information content (AvgIpc) is 3.00. The zero-order valence-corrected chi connectivity index (χ0v) is 13.9. The first-order chi connectivity index (χ1) is 11.1. The van der Waals surface area contributed by atoms with Crippen LogP contribution in [0.3, 0.4) is 0 Å². The number of aryl methyl sites for hydroxylation is 2. The van der Waals surface area contributed by atoms with Gasteiger partial charge in [0.1, 0.15) is 5.00 Å². The maximum Gasteiger partial charge on any atom is 0.229 e. The van der Waals surface area contributed by atoms with Crippen LogP contribution in [0.15, 0.2) is 12.4 Å². The largest absolute Gasteiger partial charge is 0.317 e. The molecule has 0 spiro atoms. The number of hydrogen-bond donors (Lipinski definition) is 1. The van der Waals surface area contributed by atoms with E-state index >= 15 is 0 Å². The lowest BCUT2D eigenvalue weighted by atomic mass is 10.0. The van der Waals surface area contributed by atoms with Crippen molar-refractivity contribution < 1.29 is 9.59 Å². The summed E-state index contributed by atoms with van der Waals surface area (Å²) in [5, 5.41) is 7.83. The molecule has 2 heterocycles. The lowest BCUT2D eigenvalue weighted by Crippen LogP contribution is -2.16. The van der Waals surface area contributed by atoms with Gasteiger partial charge in [0.2, 0.25) is 5.91 Å². The Labute approximate surface area is 138 Å². The molecule has 120 valence electrons. The Morgan fingerprint density at radius 1 is 1.39 bits per heavy atom. The minimum absolute atomic E-state index is 0.0808. The predicted octanol–water partition coefficient (Wildman–Crippen LogP) is 2.74. The molecule has 0 aromatic carbocycles. The topological polar surface area (TPSA) is 64.0 Å². The fourth-order valence-electron chi connectivity index (χ4n) is 3.22. The van der Waals surface area contributed by atoms with Crippen molar-refractivity contribution in [1.29, 1.82) is 0 Å². The molecule has 1 N–H and O–H groups in total. The Balaban J connectivity index is 1.56. The molecule has 5 nitrogen and oxygen atoms in total. The number of hydrogen-bond acceptors (Lipinski definition) is 4. The third-order valence-electron chi connectivity index (χ3n) is 4.49. The van der Waals surface area contributed by atoms with E-state index in [-0.39, 0.29) is 24.0 Å². The molecule has 0 bridgehead atoms. The van der Waals surface area contributed by atoms with Crippen LogP contribution in [0.1, 0.15) is 45.6 Å². The normalized spacial score (nSPS) is 16.4. The molecule has 2 aromatic rings. The maximum absolute atomic E-state index is 12.6. The number of aromatic nitrogens is 2. The standard InChI is InChI=1S/C17H19N3O2S/c1-20-9-10(8-18-20)7-14(21)19-17-15(16(22)11-5-6-11)12-3-2-4-13(12)23-17/h8-9,11H,2-7H2,1H3,(H,19,21).